The van der Waals surface area contributed by atoms with Gasteiger partial charge in [0.05, 0.1) is 13.1 Å². The van der Waals surface area contributed by atoms with Gasteiger partial charge in [-0.15, -0.1) is 0 Å². The van der Waals surface area contributed by atoms with Crippen molar-refractivity contribution in [2.45, 2.75) is 44.9 Å². The van der Waals surface area contributed by atoms with Gasteiger partial charge in [0.15, 0.2) is 0 Å². The molecule has 0 saturated carbocycles. The quantitative estimate of drug-likeness (QED) is 0.287. The molecule has 0 aromatic heterocycles. The van der Waals surface area contributed by atoms with E-state index in [4.69, 9.17) is 0 Å². The van der Waals surface area contributed by atoms with Gasteiger partial charge in [-0.2, -0.15) is 0 Å². The Hall–Kier alpha value is -2.61. The summed E-state index contributed by atoms with van der Waals surface area (Å²) in [4.78, 5) is 39.7. The minimum absolute atomic E-state index is 0.235. The van der Waals surface area contributed by atoms with Gasteiger partial charge >= 0.3 is 0 Å². The van der Waals surface area contributed by atoms with Crippen molar-refractivity contribution < 1.29 is 14.4 Å². The SMILES string of the molecule is C=Cc1ccc(CC(=O)CCCCC(CCCN=C=O)CN=C=O)cc1. The number of Topliss-reactive ketones (excluding diaryl/α,β-unsaturated/α-hetero) is 1. The Bertz CT molecular complexity index is 654. The summed E-state index contributed by atoms with van der Waals surface area (Å²) < 4.78 is 0. The standard InChI is InChI=1S/C21H26N2O3/c1-2-18-9-11-19(12-10-18)14-21(26)8-4-3-6-20(15-23-17-25)7-5-13-22-16-24/h2,9-12,20H,1,3-8,13-15H2. The molecule has 5 nitrogen and oxygen atoms in total. The van der Waals surface area contributed by atoms with Crippen LogP contribution in [0.5, 0.6) is 0 Å². The molecular weight excluding hydrogens is 328 g/mol. The zero-order chi connectivity index (χ0) is 19.0. The Morgan fingerprint density at radius 1 is 1.04 bits per heavy atom. The molecule has 1 unspecified atom stereocenters. The van der Waals surface area contributed by atoms with E-state index >= 15 is 0 Å². The van der Waals surface area contributed by atoms with Crippen LogP contribution in [0.2, 0.25) is 0 Å². The third-order valence-corrected chi connectivity index (χ3v) is 4.30. The topological polar surface area (TPSA) is 75.9 Å². The lowest BCUT2D eigenvalue weighted by Crippen LogP contribution is -2.07. The van der Waals surface area contributed by atoms with Gasteiger partial charge in [0.2, 0.25) is 12.2 Å². The summed E-state index contributed by atoms with van der Waals surface area (Å²) in [5, 5.41) is 0. The summed E-state index contributed by atoms with van der Waals surface area (Å²) in [5.41, 5.74) is 2.07. The number of hydrogen-bond donors (Lipinski definition) is 0. The summed E-state index contributed by atoms with van der Waals surface area (Å²) in [7, 11) is 0. The van der Waals surface area contributed by atoms with E-state index in [0.29, 0.717) is 25.9 Å². The zero-order valence-corrected chi connectivity index (χ0v) is 15.2. The van der Waals surface area contributed by atoms with Gasteiger partial charge in [-0.25, -0.2) is 19.6 Å². The van der Waals surface area contributed by atoms with Gasteiger partial charge in [-0.3, -0.25) is 4.79 Å². The first-order chi connectivity index (χ1) is 12.7. The molecule has 0 N–H and O–H groups in total. The number of hydrogen-bond acceptors (Lipinski definition) is 5. The second-order valence-corrected chi connectivity index (χ2v) is 6.32. The summed E-state index contributed by atoms with van der Waals surface area (Å²) in [6, 6.07) is 7.85. The fraction of sp³-hybridized carbons (Fsp3) is 0.476. The third-order valence-electron chi connectivity index (χ3n) is 4.30. The number of rotatable bonds is 14. The van der Waals surface area contributed by atoms with Crippen LogP contribution in [0, 0.1) is 5.92 Å². The highest BCUT2D eigenvalue weighted by atomic mass is 16.1. The minimum Gasteiger partial charge on any atom is -0.299 e. The summed E-state index contributed by atoms with van der Waals surface area (Å²) in [6.45, 7) is 4.61. The minimum atomic E-state index is 0.235. The van der Waals surface area contributed by atoms with E-state index in [2.05, 4.69) is 16.6 Å². The Kier molecular flexibility index (Phi) is 11.3. The van der Waals surface area contributed by atoms with Crippen molar-refractivity contribution in [3.8, 4) is 0 Å². The Morgan fingerprint density at radius 2 is 1.73 bits per heavy atom. The number of aliphatic imine (C=N–C) groups is 2. The van der Waals surface area contributed by atoms with Gasteiger partial charge in [0, 0.05) is 12.8 Å². The third kappa shape index (κ3) is 9.63. The maximum atomic E-state index is 12.1. The van der Waals surface area contributed by atoms with E-state index in [1.54, 1.807) is 12.2 Å². The number of carbonyl (C=O) groups is 1. The first kappa shape index (κ1) is 21.4. The molecule has 0 spiro atoms. The number of isocyanates is 2. The van der Waals surface area contributed by atoms with E-state index < -0.39 is 0 Å². The summed E-state index contributed by atoms with van der Waals surface area (Å²) >= 11 is 0. The van der Waals surface area contributed by atoms with Crippen LogP contribution in [0.15, 0.2) is 40.8 Å². The van der Waals surface area contributed by atoms with E-state index in [1.807, 2.05) is 24.3 Å². The molecule has 0 aliphatic heterocycles. The van der Waals surface area contributed by atoms with E-state index in [0.717, 1.165) is 43.2 Å². The molecule has 138 valence electrons. The molecule has 0 saturated heterocycles. The molecule has 1 aromatic rings. The molecular formula is C21H26N2O3. The second kappa shape index (κ2) is 13.7. The zero-order valence-electron chi connectivity index (χ0n) is 15.2. The van der Waals surface area contributed by atoms with Crippen molar-refractivity contribution in [1.82, 2.24) is 0 Å². The van der Waals surface area contributed by atoms with E-state index in [1.165, 1.54) is 6.08 Å². The van der Waals surface area contributed by atoms with Crippen LogP contribution in [0.1, 0.15) is 49.7 Å². The molecule has 5 heteroatoms. The highest BCUT2D eigenvalue weighted by Gasteiger charge is 2.09. The first-order valence-electron chi connectivity index (χ1n) is 9.00. The van der Waals surface area contributed by atoms with Crippen molar-refractivity contribution in [1.29, 1.82) is 0 Å². The van der Waals surface area contributed by atoms with Gasteiger partial charge in [-0.05, 0) is 42.7 Å². The number of nitrogens with zero attached hydrogens (tertiary/aromatic N) is 2. The predicted octanol–water partition coefficient (Wildman–Crippen LogP) is 4.07. The molecule has 0 aliphatic carbocycles. The molecule has 0 aliphatic rings. The largest absolute Gasteiger partial charge is 0.299 e. The normalized spacial score (nSPS) is 11.1. The van der Waals surface area contributed by atoms with Crippen LogP contribution >= 0.6 is 0 Å². The fourth-order valence-electron chi connectivity index (χ4n) is 2.84. The van der Waals surface area contributed by atoms with Crippen LogP contribution < -0.4 is 0 Å². The van der Waals surface area contributed by atoms with Gasteiger partial charge in [-0.1, -0.05) is 43.3 Å². The summed E-state index contributed by atoms with van der Waals surface area (Å²) in [5.74, 6) is 0.499. The fourth-order valence-corrected chi connectivity index (χ4v) is 2.84. The Balaban J connectivity index is 2.29. The van der Waals surface area contributed by atoms with Crippen molar-refractivity contribution in [2.75, 3.05) is 13.1 Å². The Morgan fingerprint density at radius 3 is 2.38 bits per heavy atom. The van der Waals surface area contributed by atoms with Crippen LogP contribution in [0.4, 0.5) is 0 Å². The maximum Gasteiger partial charge on any atom is 0.234 e. The monoisotopic (exact) mass is 354 g/mol. The molecule has 0 heterocycles. The van der Waals surface area contributed by atoms with Gasteiger partial charge in [0.25, 0.3) is 0 Å². The second-order valence-electron chi connectivity index (χ2n) is 6.32. The average molecular weight is 354 g/mol. The van der Waals surface area contributed by atoms with Crippen LogP contribution in [0.3, 0.4) is 0 Å². The van der Waals surface area contributed by atoms with Crippen LogP contribution in [-0.4, -0.2) is 31.0 Å². The number of unbranched alkanes of at least 4 members (excludes halogenated alkanes) is 1. The smallest absolute Gasteiger partial charge is 0.234 e. The van der Waals surface area contributed by atoms with E-state index in [9.17, 15) is 14.4 Å². The van der Waals surface area contributed by atoms with Crippen molar-refractivity contribution >= 4 is 24.0 Å². The van der Waals surface area contributed by atoms with Crippen LogP contribution in [0.25, 0.3) is 6.08 Å². The van der Waals surface area contributed by atoms with Crippen LogP contribution in [-0.2, 0) is 20.8 Å². The number of ketones is 1. The molecule has 0 radical (unpaired) electrons. The highest BCUT2D eigenvalue weighted by molar-refractivity contribution is 5.80. The predicted molar refractivity (Wildman–Crippen MR) is 102 cm³/mol. The lowest BCUT2D eigenvalue weighted by Gasteiger charge is -2.12. The van der Waals surface area contributed by atoms with Crippen molar-refractivity contribution in [3.63, 3.8) is 0 Å². The average Bonchev–Trinajstić information content (AvgIpc) is 2.66. The lowest BCUT2D eigenvalue weighted by atomic mass is 9.95. The van der Waals surface area contributed by atoms with Crippen molar-refractivity contribution in [2.24, 2.45) is 15.9 Å². The number of carbonyl (C=O) groups excluding carboxylic acids is 3. The molecule has 1 aromatic carbocycles. The number of benzene rings is 1. The molecule has 26 heavy (non-hydrogen) atoms. The first-order valence-corrected chi connectivity index (χ1v) is 9.00. The van der Waals surface area contributed by atoms with Crippen molar-refractivity contribution in [3.05, 3.63) is 42.0 Å². The van der Waals surface area contributed by atoms with E-state index in [-0.39, 0.29) is 11.7 Å². The summed E-state index contributed by atoms with van der Waals surface area (Å²) in [6.07, 6.45) is 10.2. The molecule has 1 atom stereocenters. The maximum absolute atomic E-state index is 12.1. The molecule has 0 amide bonds. The molecule has 1 rings (SSSR count). The Labute approximate surface area is 154 Å². The molecule has 0 fully saturated rings. The highest BCUT2D eigenvalue weighted by Crippen LogP contribution is 2.17. The lowest BCUT2D eigenvalue weighted by molar-refractivity contribution is -0.118. The molecule has 0 bridgehead atoms. The van der Waals surface area contributed by atoms with Gasteiger partial charge in [0.1, 0.15) is 5.78 Å². The van der Waals surface area contributed by atoms with Gasteiger partial charge < -0.3 is 0 Å².